The third-order valence-electron chi connectivity index (χ3n) is 5.56. The monoisotopic (exact) mass is 438 g/mol. The number of rotatable bonds is 9. The molecule has 0 aliphatic carbocycles. The summed E-state index contributed by atoms with van der Waals surface area (Å²) in [5.74, 6) is 0.583. The molecule has 2 amide bonds. The van der Waals surface area contributed by atoms with Crippen molar-refractivity contribution in [2.45, 2.75) is 78.4 Å². The van der Waals surface area contributed by atoms with Gasteiger partial charge < -0.3 is 15.0 Å². The lowest BCUT2D eigenvalue weighted by molar-refractivity contribution is -0.140. The molecule has 1 N–H and O–H groups in total. The number of hydrogen-bond acceptors (Lipinski definition) is 3. The second-order valence-electron chi connectivity index (χ2n) is 9.66. The van der Waals surface area contributed by atoms with Gasteiger partial charge in [-0.05, 0) is 61.4 Å². The maximum Gasteiger partial charge on any atom is 0.242 e. The molecule has 0 radical (unpaired) electrons. The molecule has 32 heavy (non-hydrogen) atoms. The van der Waals surface area contributed by atoms with Crippen molar-refractivity contribution >= 4 is 11.8 Å². The van der Waals surface area contributed by atoms with Crippen LogP contribution in [0, 0.1) is 0 Å². The van der Waals surface area contributed by atoms with E-state index in [-0.39, 0.29) is 23.3 Å². The molecule has 0 saturated carbocycles. The molecule has 0 aromatic heterocycles. The van der Waals surface area contributed by atoms with Crippen molar-refractivity contribution in [3.05, 3.63) is 65.2 Å². The van der Waals surface area contributed by atoms with Crippen LogP contribution in [0.15, 0.2) is 48.5 Å². The first-order valence-electron chi connectivity index (χ1n) is 11.3. The van der Waals surface area contributed by atoms with Crippen LogP contribution in [-0.4, -0.2) is 35.9 Å². The van der Waals surface area contributed by atoms with Gasteiger partial charge in [-0.2, -0.15) is 0 Å². The summed E-state index contributed by atoms with van der Waals surface area (Å²) in [5.41, 5.74) is 3.45. The predicted octanol–water partition coefficient (Wildman–Crippen LogP) is 4.87. The highest BCUT2D eigenvalue weighted by Crippen LogP contribution is 2.23. The van der Waals surface area contributed by atoms with Crippen molar-refractivity contribution in [1.29, 1.82) is 0 Å². The fourth-order valence-corrected chi connectivity index (χ4v) is 3.48. The van der Waals surface area contributed by atoms with Crippen molar-refractivity contribution in [2.75, 3.05) is 7.11 Å². The highest BCUT2D eigenvalue weighted by Gasteiger charge is 2.26. The van der Waals surface area contributed by atoms with Gasteiger partial charge >= 0.3 is 0 Å². The molecule has 0 bridgehead atoms. The second-order valence-corrected chi connectivity index (χ2v) is 9.66. The van der Waals surface area contributed by atoms with Crippen molar-refractivity contribution in [2.24, 2.45) is 0 Å². The van der Waals surface area contributed by atoms with Crippen LogP contribution >= 0.6 is 0 Å². The predicted molar refractivity (Wildman–Crippen MR) is 130 cm³/mol. The largest absolute Gasteiger partial charge is 0.497 e. The first kappa shape index (κ1) is 25.4. The number of benzene rings is 2. The molecular weight excluding hydrogens is 400 g/mol. The van der Waals surface area contributed by atoms with Gasteiger partial charge in [0.05, 0.1) is 7.11 Å². The van der Waals surface area contributed by atoms with Crippen LogP contribution in [0.5, 0.6) is 5.75 Å². The summed E-state index contributed by atoms with van der Waals surface area (Å²) < 4.78 is 5.22. The van der Waals surface area contributed by atoms with E-state index in [0.717, 1.165) is 16.9 Å². The molecule has 0 heterocycles. The molecule has 0 unspecified atom stereocenters. The molecule has 174 valence electrons. The lowest BCUT2D eigenvalue weighted by Crippen LogP contribution is -2.49. The lowest BCUT2D eigenvalue weighted by atomic mass is 9.86. The Morgan fingerprint density at radius 1 is 0.938 bits per heavy atom. The van der Waals surface area contributed by atoms with Crippen LogP contribution in [0.2, 0.25) is 0 Å². The van der Waals surface area contributed by atoms with Crippen LogP contribution < -0.4 is 10.1 Å². The molecule has 1 atom stereocenters. The van der Waals surface area contributed by atoms with E-state index in [1.54, 1.807) is 18.9 Å². The van der Waals surface area contributed by atoms with Gasteiger partial charge in [0.1, 0.15) is 11.8 Å². The summed E-state index contributed by atoms with van der Waals surface area (Å²) in [4.78, 5) is 27.6. The van der Waals surface area contributed by atoms with Gasteiger partial charge in [-0.1, -0.05) is 57.2 Å². The van der Waals surface area contributed by atoms with Gasteiger partial charge in [0.15, 0.2) is 0 Å². The summed E-state index contributed by atoms with van der Waals surface area (Å²) in [6, 6.07) is 15.5. The first-order chi connectivity index (χ1) is 15.0. The van der Waals surface area contributed by atoms with Crippen LogP contribution in [-0.2, 0) is 28.0 Å². The van der Waals surface area contributed by atoms with Crippen molar-refractivity contribution in [3.63, 3.8) is 0 Å². The summed E-state index contributed by atoms with van der Waals surface area (Å²) >= 11 is 0. The first-order valence-corrected chi connectivity index (χ1v) is 11.3. The third-order valence-corrected chi connectivity index (χ3v) is 5.56. The zero-order chi connectivity index (χ0) is 23.9. The number of ether oxygens (including phenoxy) is 1. The van der Waals surface area contributed by atoms with Gasteiger partial charge in [-0.15, -0.1) is 0 Å². The number of carbonyl (C=O) groups is 2. The minimum absolute atomic E-state index is 0.0178. The third kappa shape index (κ3) is 7.40. The number of nitrogens with one attached hydrogen (secondary N) is 1. The fourth-order valence-electron chi connectivity index (χ4n) is 3.48. The van der Waals surface area contributed by atoms with Crippen molar-refractivity contribution in [1.82, 2.24) is 10.2 Å². The molecule has 5 heteroatoms. The Balaban J connectivity index is 2.13. The quantitative estimate of drug-likeness (QED) is 0.608. The van der Waals surface area contributed by atoms with Crippen LogP contribution in [0.3, 0.4) is 0 Å². The van der Waals surface area contributed by atoms with E-state index < -0.39 is 6.04 Å². The smallest absolute Gasteiger partial charge is 0.242 e. The van der Waals surface area contributed by atoms with Gasteiger partial charge in [0.25, 0.3) is 0 Å². The number of hydrogen-bond donors (Lipinski definition) is 1. The van der Waals surface area contributed by atoms with Gasteiger partial charge in [0.2, 0.25) is 11.8 Å². The maximum atomic E-state index is 13.2. The Bertz CT molecular complexity index is 881. The fraction of sp³-hybridized carbons (Fsp3) is 0.481. The number of aryl methyl sites for hydroxylation is 1. The highest BCUT2D eigenvalue weighted by atomic mass is 16.5. The molecule has 2 aromatic carbocycles. The van der Waals surface area contributed by atoms with Crippen LogP contribution in [0.1, 0.15) is 64.7 Å². The Morgan fingerprint density at radius 2 is 1.50 bits per heavy atom. The average Bonchev–Trinajstić information content (AvgIpc) is 2.75. The Kier molecular flexibility index (Phi) is 8.88. The van der Waals surface area contributed by atoms with Crippen molar-refractivity contribution in [3.8, 4) is 5.75 Å². The van der Waals surface area contributed by atoms with Crippen LogP contribution in [0.25, 0.3) is 0 Å². The molecule has 0 aliphatic heterocycles. The maximum absolute atomic E-state index is 13.2. The molecule has 0 fully saturated rings. The molecule has 0 spiro atoms. The van der Waals surface area contributed by atoms with E-state index in [4.69, 9.17) is 4.74 Å². The number of nitrogens with zero attached hydrogens (tertiary/aromatic N) is 1. The summed E-state index contributed by atoms with van der Waals surface area (Å²) in [7, 11) is 1.62. The summed E-state index contributed by atoms with van der Waals surface area (Å²) in [6.07, 6.45) is 0.991. The van der Waals surface area contributed by atoms with E-state index in [1.165, 1.54) is 5.56 Å². The normalized spacial score (nSPS) is 12.4. The average molecular weight is 439 g/mol. The zero-order valence-electron chi connectivity index (χ0n) is 20.6. The van der Waals surface area contributed by atoms with Crippen LogP contribution in [0.4, 0.5) is 0 Å². The van der Waals surface area contributed by atoms with Gasteiger partial charge in [-0.25, -0.2) is 0 Å². The topological polar surface area (TPSA) is 58.6 Å². The lowest BCUT2D eigenvalue weighted by Gasteiger charge is -2.29. The molecule has 0 saturated heterocycles. The Labute approximate surface area is 193 Å². The summed E-state index contributed by atoms with van der Waals surface area (Å²) in [5, 5.41) is 2.92. The molecule has 5 nitrogen and oxygen atoms in total. The number of carbonyl (C=O) groups excluding carboxylic acids is 2. The van der Waals surface area contributed by atoms with E-state index in [9.17, 15) is 9.59 Å². The molecular formula is C27H38N2O3. The molecule has 2 rings (SSSR count). The SMILES string of the molecule is COc1ccc(CN(C(=O)CCc2ccc(C(C)(C)C)cc2)[C@H](C)C(=O)NC(C)C)cc1. The van der Waals surface area contributed by atoms with E-state index in [1.807, 2.05) is 38.1 Å². The standard InChI is InChI=1S/C27H38N2O3/c1-19(2)28-26(31)20(3)29(18-22-10-15-24(32-7)16-11-22)25(30)17-12-21-8-13-23(14-9-21)27(4,5)6/h8-11,13-16,19-20H,12,17-18H2,1-7H3,(H,28,31)/t20-/m1/s1. The second kappa shape index (κ2) is 11.2. The highest BCUT2D eigenvalue weighted by molar-refractivity contribution is 5.87. The van der Waals surface area contributed by atoms with Gasteiger partial charge in [-0.3, -0.25) is 9.59 Å². The van der Waals surface area contributed by atoms with E-state index in [2.05, 4.69) is 50.4 Å². The van der Waals surface area contributed by atoms with Crippen molar-refractivity contribution < 1.29 is 14.3 Å². The molecule has 2 aromatic rings. The summed E-state index contributed by atoms with van der Waals surface area (Å²) in [6.45, 7) is 12.6. The van der Waals surface area contributed by atoms with Gasteiger partial charge in [0, 0.05) is 19.0 Å². The number of methoxy groups -OCH3 is 1. The Morgan fingerprint density at radius 3 is 2.00 bits per heavy atom. The van der Waals surface area contributed by atoms with E-state index >= 15 is 0 Å². The van der Waals surface area contributed by atoms with E-state index in [0.29, 0.717) is 19.4 Å². The molecule has 0 aliphatic rings. The zero-order valence-corrected chi connectivity index (χ0v) is 20.6. The minimum Gasteiger partial charge on any atom is -0.497 e. The Hall–Kier alpha value is -2.82. The number of amides is 2. The minimum atomic E-state index is -0.560.